The Balaban J connectivity index is -0.000000144. The summed E-state index contributed by atoms with van der Waals surface area (Å²) in [6.45, 7) is -0.760. The third kappa shape index (κ3) is 14.7. The molecule has 0 spiro atoms. The smallest absolute Gasteiger partial charge is 0.151 e. The van der Waals surface area contributed by atoms with Crippen molar-refractivity contribution in [2.45, 2.75) is 37.3 Å². The zero-order valence-corrected chi connectivity index (χ0v) is 12.3. The van der Waals surface area contributed by atoms with Gasteiger partial charge in [-0.15, -0.1) is 0 Å². The standard InChI is InChI=1S/C6H12O6.C4H6O4.2H3N/c7-1-3(9)5(11)6(12)4(10)2-8;5-3(6)1-2-4(7)8;;/h1,3-6,8-12H,2H2;1-2H2,(H,5,6)(H,7,8);2*1H3/t3-,4+,5+,6+;;;/m0.../s1. The maximum absolute atomic E-state index is 9.90. The zero-order valence-electron chi connectivity index (χ0n) is 12.3. The van der Waals surface area contributed by atoms with Gasteiger partial charge in [0.2, 0.25) is 0 Å². The summed E-state index contributed by atoms with van der Waals surface area (Å²) in [6, 6.07) is 0. The Morgan fingerprint density at radius 3 is 1.50 bits per heavy atom. The predicted molar refractivity (Wildman–Crippen MR) is 68.4 cm³/mol. The van der Waals surface area contributed by atoms with E-state index in [1.807, 2.05) is 0 Å². The van der Waals surface area contributed by atoms with Crippen molar-refractivity contribution in [3.05, 3.63) is 0 Å². The lowest BCUT2D eigenvalue weighted by atomic mass is 10.0. The van der Waals surface area contributed by atoms with Gasteiger partial charge in [-0.25, -0.2) is 0 Å². The monoisotopic (exact) mass is 332 g/mol. The number of carbonyl (C=O) groups is 3. The number of aldehydes is 1. The van der Waals surface area contributed by atoms with Gasteiger partial charge in [-0.3, -0.25) is 0 Å². The first kappa shape index (κ1) is 28.5. The number of hydrogen-bond donors (Lipinski definition) is 7. The summed E-state index contributed by atoms with van der Waals surface area (Å²) in [6.07, 6.45) is -7.78. The first-order valence-electron chi connectivity index (χ1n) is 5.35. The van der Waals surface area contributed by atoms with E-state index in [0.717, 1.165) is 0 Å². The molecule has 0 amide bonds. The number of aliphatic hydroxyl groups excluding tert-OH is 5. The molecule has 0 radical (unpaired) electrons. The van der Waals surface area contributed by atoms with Gasteiger partial charge in [0.1, 0.15) is 24.4 Å². The van der Waals surface area contributed by atoms with Gasteiger partial charge in [0.15, 0.2) is 6.29 Å². The van der Waals surface area contributed by atoms with Crippen LogP contribution in [0.4, 0.5) is 0 Å². The molecule has 0 aromatic heterocycles. The summed E-state index contributed by atoms with van der Waals surface area (Å²) in [7, 11) is 0. The molecule has 0 heterocycles. The maximum atomic E-state index is 9.90. The molecule has 0 saturated carbocycles. The van der Waals surface area contributed by atoms with Gasteiger partial charge < -0.3 is 62.4 Å². The largest absolute Gasteiger partial charge is 0.550 e. The number of carbonyl (C=O) groups excluding carboxylic acids is 3. The van der Waals surface area contributed by atoms with Gasteiger partial charge in [0.05, 0.1) is 6.61 Å². The number of aliphatic hydroxyl groups is 5. The van der Waals surface area contributed by atoms with Gasteiger partial charge in [0, 0.05) is 11.9 Å². The fraction of sp³-hybridized carbons (Fsp3) is 0.700. The minimum absolute atomic E-state index is 0. The third-order valence-electron chi connectivity index (χ3n) is 1.95. The summed E-state index contributed by atoms with van der Waals surface area (Å²) < 4.78 is 0. The Hall–Kier alpha value is -1.67. The van der Waals surface area contributed by atoms with E-state index < -0.39 is 55.8 Å². The first-order valence-corrected chi connectivity index (χ1v) is 5.35. The average molecular weight is 332 g/mol. The van der Waals surface area contributed by atoms with E-state index in [9.17, 15) is 24.6 Å². The Labute approximate surface area is 125 Å². The molecular weight excluding hydrogens is 308 g/mol. The third-order valence-corrected chi connectivity index (χ3v) is 1.95. The van der Waals surface area contributed by atoms with Crippen LogP contribution >= 0.6 is 0 Å². The van der Waals surface area contributed by atoms with Crippen LogP contribution in [0.15, 0.2) is 0 Å². The molecule has 13 N–H and O–H groups in total. The summed E-state index contributed by atoms with van der Waals surface area (Å²) >= 11 is 0. The van der Waals surface area contributed by atoms with E-state index in [1.165, 1.54) is 0 Å². The van der Waals surface area contributed by atoms with Crippen molar-refractivity contribution in [1.29, 1.82) is 0 Å². The Morgan fingerprint density at radius 2 is 1.27 bits per heavy atom. The Bertz CT molecular complexity index is 300. The van der Waals surface area contributed by atoms with Crippen molar-refractivity contribution >= 4 is 18.2 Å². The highest BCUT2D eigenvalue weighted by molar-refractivity contribution is 5.72. The SMILES string of the molecule is O=C([O-])CCC(=O)[O-].O=C[C@H](O)[C@@H](O)[C@H](O)[C@H](O)CO.[NH4+].[NH4+]. The highest BCUT2D eigenvalue weighted by Crippen LogP contribution is 2.02. The van der Waals surface area contributed by atoms with E-state index in [-0.39, 0.29) is 18.6 Å². The normalized spacial score (nSPS) is 14.6. The van der Waals surface area contributed by atoms with Crippen LogP contribution in [0.3, 0.4) is 0 Å². The molecule has 0 unspecified atom stereocenters. The quantitative estimate of drug-likeness (QED) is 0.207. The summed E-state index contributed by atoms with van der Waals surface area (Å²) in [5.41, 5.74) is 0. The van der Waals surface area contributed by atoms with Crippen LogP contribution in [0.25, 0.3) is 0 Å². The molecule has 12 nitrogen and oxygen atoms in total. The molecule has 0 saturated heterocycles. The lowest BCUT2D eigenvalue weighted by Gasteiger charge is -2.22. The van der Waals surface area contributed by atoms with Gasteiger partial charge in [-0.2, -0.15) is 0 Å². The number of carboxylic acid groups (broad SMARTS) is 2. The van der Waals surface area contributed by atoms with Crippen molar-refractivity contribution in [2.75, 3.05) is 6.61 Å². The Morgan fingerprint density at radius 1 is 0.909 bits per heavy atom. The Kier molecular flexibility index (Phi) is 20.3. The number of quaternary nitrogens is 2. The highest BCUT2D eigenvalue weighted by atomic mass is 16.4. The molecule has 0 aromatic carbocycles. The van der Waals surface area contributed by atoms with Crippen molar-refractivity contribution in [1.82, 2.24) is 12.3 Å². The summed E-state index contributed by atoms with van der Waals surface area (Å²) in [5.74, 6) is -2.73. The maximum Gasteiger partial charge on any atom is 0.151 e. The topological polar surface area (TPSA) is 271 Å². The summed E-state index contributed by atoms with van der Waals surface area (Å²) in [4.78, 5) is 28.9. The zero-order chi connectivity index (χ0) is 16.3. The number of rotatable bonds is 8. The minimum atomic E-state index is -1.79. The van der Waals surface area contributed by atoms with Crippen molar-refractivity contribution < 1.29 is 50.1 Å². The molecule has 0 rings (SSSR count). The van der Waals surface area contributed by atoms with Gasteiger partial charge >= 0.3 is 0 Å². The van der Waals surface area contributed by atoms with Crippen LogP contribution in [0, 0.1) is 0 Å². The predicted octanol–water partition coefficient (Wildman–Crippen LogP) is -5.36. The van der Waals surface area contributed by atoms with E-state index in [4.69, 9.17) is 25.5 Å². The van der Waals surface area contributed by atoms with Crippen molar-refractivity contribution in [2.24, 2.45) is 0 Å². The second-order valence-corrected chi connectivity index (χ2v) is 3.60. The molecule has 0 aliphatic carbocycles. The molecule has 12 heteroatoms. The molecule has 0 bridgehead atoms. The highest BCUT2D eigenvalue weighted by Gasteiger charge is 2.29. The van der Waals surface area contributed by atoms with Crippen LogP contribution in [0.2, 0.25) is 0 Å². The average Bonchev–Trinajstić information content (AvgIpc) is 2.42. The van der Waals surface area contributed by atoms with Crippen LogP contribution < -0.4 is 22.5 Å². The minimum Gasteiger partial charge on any atom is -0.550 e. The van der Waals surface area contributed by atoms with E-state index in [1.54, 1.807) is 0 Å². The van der Waals surface area contributed by atoms with Crippen LogP contribution in [-0.4, -0.2) is 74.8 Å². The van der Waals surface area contributed by atoms with Gasteiger partial charge in [-0.05, 0) is 12.8 Å². The molecule has 4 atom stereocenters. The van der Waals surface area contributed by atoms with Gasteiger partial charge in [0.25, 0.3) is 0 Å². The van der Waals surface area contributed by atoms with Crippen molar-refractivity contribution in [3.63, 3.8) is 0 Å². The van der Waals surface area contributed by atoms with E-state index >= 15 is 0 Å². The van der Waals surface area contributed by atoms with E-state index in [0.29, 0.717) is 0 Å². The fourth-order valence-corrected chi connectivity index (χ4v) is 0.822. The van der Waals surface area contributed by atoms with Crippen molar-refractivity contribution in [3.8, 4) is 0 Å². The molecular formula is C10H24N2O10. The van der Waals surface area contributed by atoms with E-state index in [2.05, 4.69) is 0 Å². The molecule has 134 valence electrons. The first-order chi connectivity index (χ1) is 9.17. The number of hydrogen-bond acceptors (Lipinski definition) is 10. The molecule has 0 fully saturated rings. The fourth-order valence-electron chi connectivity index (χ4n) is 0.822. The second kappa shape index (κ2) is 15.7. The summed E-state index contributed by atoms with van der Waals surface area (Å²) in [5, 5.41) is 62.5. The van der Waals surface area contributed by atoms with Gasteiger partial charge in [-0.1, -0.05) is 0 Å². The lowest BCUT2D eigenvalue weighted by Crippen LogP contribution is -2.46. The number of carboxylic acids is 2. The van der Waals surface area contributed by atoms with Crippen LogP contribution in [-0.2, 0) is 14.4 Å². The molecule has 0 aromatic rings. The van der Waals surface area contributed by atoms with Crippen LogP contribution in [0.1, 0.15) is 12.8 Å². The molecule has 22 heavy (non-hydrogen) atoms. The van der Waals surface area contributed by atoms with Crippen LogP contribution in [0.5, 0.6) is 0 Å². The molecule has 0 aliphatic heterocycles. The second-order valence-electron chi connectivity index (χ2n) is 3.60. The number of aliphatic carboxylic acids is 2. The lowest BCUT2D eigenvalue weighted by molar-refractivity contribution is -0.315. The molecule has 0 aliphatic rings.